The zero-order chi connectivity index (χ0) is 14.4. The SMILES string of the molecule is COc1ccc(C(C#N)NC(C)C)c(OC)c1OC. The van der Waals surface area contributed by atoms with Crippen LogP contribution in [-0.4, -0.2) is 27.4 Å². The van der Waals surface area contributed by atoms with Gasteiger partial charge in [0.1, 0.15) is 6.04 Å². The van der Waals surface area contributed by atoms with E-state index in [4.69, 9.17) is 14.2 Å². The monoisotopic (exact) mass is 264 g/mol. The summed E-state index contributed by atoms with van der Waals surface area (Å²) in [6.07, 6.45) is 0. The molecule has 104 valence electrons. The number of nitriles is 1. The number of nitrogens with zero attached hydrogens (tertiary/aromatic N) is 1. The van der Waals surface area contributed by atoms with Crippen molar-refractivity contribution in [3.05, 3.63) is 17.7 Å². The van der Waals surface area contributed by atoms with Crippen LogP contribution in [0.1, 0.15) is 25.5 Å². The van der Waals surface area contributed by atoms with Crippen molar-refractivity contribution in [2.24, 2.45) is 0 Å². The molecular weight excluding hydrogens is 244 g/mol. The molecule has 0 fully saturated rings. The lowest BCUT2D eigenvalue weighted by atomic mass is 10.0. The summed E-state index contributed by atoms with van der Waals surface area (Å²) < 4.78 is 15.9. The second kappa shape index (κ2) is 6.86. The zero-order valence-electron chi connectivity index (χ0n) is 12.0. The van der Waals surface area contributed by atoms with Gasteiger partial charge < -0.3 is 14.2 Å². The molecule has 0 heterocycles. The Bertz CT molecular complexity index is 466. The van der Waals surface area contributed by atoms with E-state index < -0.39 is 6.04 Å². The van der Waals surface area contributed by atoms with Gasteiger partial charge in [-0.25, -0.2) is 0 Å². The highest BCUT2D eigenvalue weighted by Crippen LogP contribution is 2.41. The van der Waals surface area contributed by atoms with Gasteiger partial charge in [-0.05, 0) is 26.0 Å². The molecule has 0 saturated carbocycles. The predicted molar refractivity (Wildman–Crippen MR) is 72.7 cm³/mol. The highest BCUT2D eigenvalue weighted by Gasteiger charge is 2.22. The summed E-state index contributed by atoms with van der Waals surface area (Å²) >= 11 is 0. The largest absolute Gasteiger partial charge is 0.493 e. The smallest absolute Gasteiger partial charge is 0.203 e. The van der Waals surface area contributed by atoms with E-state index in [1.165, 1.54) is 0 Å². The molecule has 1 rings (SSSR count). The zero-order valence-corrected chi connectivity index (χ0v) is 12.0. The summed E-state index contributed by atoms with van der Waals surface area (Å²) in [7, 11) is 4.65. The second-order valence-electron chi connectivity index (χ2n) is 4.31. The maximum atomic E-state index is 9.30. The van der Waals surface area contributed by atoms with E-state index in [0.29, 0.717) is 17.2 Å². The van der Waals surface area contributed by atoms with Crippen molar-refractivity contribution in [2.45, 2.75) is 25.9 Å². The van der Waals surface area contributed by atoms with E-state index in [2.05, 4.69) is 11.4 Å². The van der Waals surface area contributed by atoms with Crippen LogP contribution in [0.25, 0.3) is 0 Å². The van der Waals surface area contributed by atoms with Crippen LogP contribution < -0.4 is 19.5 Å². The molecule has 1 atom stereocenters. The Balaban J connectivity index is 3.31. The fraction of sp³-hybridized carbons (Fsp3) is 0.500. The van der Waals surface area contributed by atoms with Crippen LogP contribution in [0.15, 0.2) is 12.1 Å². The number of hydrogen-bond donors (Lipinski definition) is 1. The molecule has 0 aliphatic carbocycles. The van der Waals surface area contributed by atoms with Gasteiger partial charge in [0.15, 0.2) is 11.5 Å². The summed E-state index contributed by atoms with van der Waals surface area (Å²) in [4.78, 5) is 0. The lowest BCUT2D eigenvalue weighted by molar-refractivity contribution is 0.320. The summed E-state index contributed by atoms with van der Waals surface area (Å²) in [6.45, 7) is 3.97. The number of nitrogens with one attached hydrogen (secondary N) is 1. The molecule has 0 bridgehead atoms. The highest BCUT2D eigenvalue weighted by atomic mass is 16.5. The minimum absolute atomic E-state index is 0.183. The maximum Gasteiger partial charge on any atom is 0.203 e. The van der Waals surface area contributed by atoms with Gasteiger partial charge in [-0.2, -0.15) is 5.26 Å². The Kier molecular flexibility index (Phi) is 5.46. The topological polar surface area (TPSA) is 63.5 Å². The number of hydrogen-bond acceptors (Lipinski definition) is 5. The third kappa shape index (κ3) is 3.30. The Labute approximate surface area is 114 Å². The normalized spacial score (nSPS) is 11.8. The van der Waals surface area contributed by atoms with Crippen molar-refractivity contribution in [1.29, 1.82) is 5.26 Å². The number of benzene rings is 1. The first-order chi connectivity index (χ1) is 9.08. The summed E-state index contributed by atoms with van der Waals surface area (Å²) in [5.74, 6) is 1.58. The Morgan fingerprint density at radius 3 is 2.11 bits per heavy atom. The van der Waals surface area contributed by atoms with Crippen LogP contribution in [0.2, 0.25) is 0 Å². The first kappa shape index (κ1) is 15.1. The van der Waals surface area contributed by atoms with E-state index in [9.17, 15) is 5.26 Å². The number of ether oxygens (including phenoxy) is 3. The van der Waals surface area contributed by atoms with Gasteiger partial charge in [0.25, 0.3) is 0 Å². The van der Waals surface area contributed by atoms with Gasteiger partial charge in [-0.3, -0.25) is 5.32 Å². The molecule has 0 spiro atoms. The molecule has 0 aliphatic heterocycles. The fourth-order valence-electron chi connectivity index (χ4n) is 1.88. The van der Waals surface area contributed by atoms with Gasteiger partial charge in [-0.15, -0.1) is 0 Å². The first-order valence-corrected chi connectivity index (χ1v) is 6.03. The average molecular weight is 264 g/mol. The predicted octanol–water partition coefficient (Wildman–Crippen LogP) is 2.28. The third-order valence-electron chi connectivity index (χ3n) is 2.67. The Hall–Kier alpha value is -1.93. The lowest BCUT2D eigenvalue weighted by Gasteiger charge is -2.20. The molecule has 0 amide bonds. The average Bonchev–Trinajstić information content (AvgIpc) is 2.42. The van der Waals surface area contributed by atoms with Crippen molar-refractivity contribution >= 4 is 0 Å². The van der Waals surface area contributed by atoms with Crippen molar-refractivity contribution in [1.82, 2.24) is 5.32 Å². The van der Waals surface area contributed by atoms with Gasteiger partial charge in [0.05, 0.1) is 27.4 Å². The second-order valence-corrected chi connectivity index (χ2v) is 4.31. The molecule has 1 aromatic rings. The van der Waals surface area contributed by atoms with E-state index in [1.54, 1.807) is 27.4 Å². The van der Waals surface area contributed by atoms with Crippen LogP contribution in [0.3, 0.4) is 0 Å². The molecule has 0 radical (unpaired) electrons. The molecule has 5 nitrogen and oxygen atoms in total. The summed E-state index contributed by atoms with van der Waals surface area (Å²) in [6, 6.07) is 5.52. The van der Waals surface area contributed by atoms with Gasteiger partial charge >= 0.3 is 0 Å². The number of methoxy groups -OCH3 is 3. The van der Waals surface area contributed by atoms with E-state index in [1.807, 2.05) is 19.9 Å². The van der Waals surface area contributed by atoms with Gasteiger partial charge in [0.2, 0.25) is 5.75 Å². The fourth-order valence-corrected chi connectivity index (χ4v) is 1.88. The van der Waals surface area contributed by atoms with E-state index in [-0.39, 0.29) is 6.04 Å². The molecule has 1 unspecified atom stereocenters. The van der Waals surface area contributed by atoms with Gasteiger partial charge in [-0.1, -0.05) is 0 Å². The molecule has 0 aliphatic rings. The van der Waals surface area contributed by atoms with Crippen molar-refractivity contribution < 1.29 is 14.2 Å². The standard InChI is InChI=1S/C14H20N2O3/c1-9(2)16-11(8-15)10-6-7-12(17-3)14(19-5)13(10)18-4/h6-7,9,11,16H,1-5H3. The summed E-state index contributed by atoms with van der Waals surface area (Å²) in [5.41, 5.74) is 0.733. The van der Waals surface area contributed by atoms with Crippen molar-refractivity contribution in [3.8, 4) is 23.3 Å². The minimum Gasteiger partial charge on any atom is -0.493 e. The van der Waals surface area contributed by atoms with Crippen LogP contribution >= 0.6 is 0 Å². The quantitative estimate of drug-likeness (QED) is 0.854. The van der Waals surface area contributed by atoms with E-state index >= 15 is 0 Å². The maximum absolute atomic E-state index is 9.30. The van der Waals surface area contributed by atoms with Crippen molar-refractivity contribution in [2.75, 3.05) is 21.3 Å². The molecule has 0 aromatic heterocycles. The number of rotatable bonds is 6. The van der Waals surface area contributed by atoms with Crippen LogP contribution in [0.5, 0.6) is 17.2 Å². The Morgan fingerprint density at radius 1 is 1.05 bits per heavy atom. The van der Waals surface area contributed by atoms with Crippen LogP contribution in [-0.2, 0) is 0 Å². The molecule has 1 N–H and O–H groups in total. The molecule has 1 aromatic carbocycles. The minimum atomic E-state index is -0.463. The molecule has 0 saturated heterocycles. The van der Waals surface area contributed by atoms with E-state index in [0.717, 1.165) is 5.56 Å². The van der Waals surface area contributed by atoms with Gasteiger partial charge in [0, 0.05) is 11.6 Å². The lowest BCUT2D eigenvalue weighted by Crippen LogP contribution is -2.27. The molecular formula is C14H20N2O3. The first-order valence-electron chi connectivity index (χ1n) is 6.03. The van der Waals surface area contributed by atoms with Crippen LogP contribution in [0, 0.1) is 11.3 Å². The molecule has 5 heteroatoms. The third-order valence-corrected chi connectivity index (χ3v) is 2.67. The van der Waals surface area contributed by atoms with Crippen LogP contribution in [0.4, 0.5) is 0 Å². The summed E-state index contributed by atoms with van der Waals surface area (Å²) in [5, 5.41) is 12.5. The Morgan fingerprint density at radius 2 is 1.68 bits per heavy atom. The highest BCUT2D eigenvalue weighted by molar-refractivity contribution is 5.57. The molecule has 19 heavy (non-hydrogen) atoms. The van der Waals surface area contributed by atoms with Crippen molar-refractivity contribution in [3.63, 3.8) is 0 Å².